The molecule has 0 aliphatic heterocycles. The lowest BCUT2D eigenvalue weighted by atomic mass is 10.0. The van der Waals surface area contributed by atoms with Gasteiger partial charge in [0.15, 0.2) is 0 Å². The van der Waals surface area contributed by atoms with E-state index in [-0.39, 0.29) is 23.8 Å². The summed E-state index contributed by atoms with van der Waals surface area (Å²) in [5, 5.41) is 3.39. The Hall–Kier alpha value is -4.14. The molecule has 0 fully saturated rings. The lowest BCUT2D eigenvalue weighted by molar-refractivity contribution is -0.140. The van der Waals surface area contributed by atoms with Crippen molar-refractivity contribution in [3.63, 3.8) is 0 Å². The van der Waals surface area contributed by atoms with Crippen LogP contribution in [-0.4, -0.2) is 44.3 Å². The Balaban J connectivity index is 1.82. The number of nitrogens with one attached hydrogen (secondary N) is 1. The molecular formula is C37H42ClN3O4S. The topological polar surface area (TPSA) is 86.8 Å². The van der Waals surface area contributed by atoms with Crippen LogP contribution in [0.3, 0.4) is 0 Å². The number of carbonyl (C=O) groups is 2. The second kappa shape index (κ2) is 15.9. The molecule has 1 atom stereocenters. The van der Waals surface area contributed by atoms with E-state index in [1.807, 2.05) is 75.4 Å². The van der Waals surface area contributed by atoms with E-state index in [4.69, 9.17) is 11.6 Å². The van der Waals surface area contributed by atoms with Gasteiger partial charge in [-0.15, -0.1) is 0 Å². The van der Waals surface area contributed by atoms with Crippen molar-refractivity contribution in [3.05, 3.63) is 130 Å². The zero-order chi connectivity index (χ0) is 33.3. The molecule has 4 rings (SSSR count). The van der Waals surface area contributed by atoms with Crippen LogP contribution in [0.2, 0.25) is 5.02 Å². The Morgan fingerprint density at radius 3 is 2.17 bits per heavy atom. The second-order valence-electron chi connectivity index (χ2n) is 11.6. The predicted octanol–water partition coefficient (Wildman–Crippen LogP) is 7.02. The number of aryl methyl sites for hydroxylation is 2. The lowest BCUT2D eigenvalue weighted by Gasteiger charge is -2.34. The number of nitrogens with zero attached hydrogens (tertiary/aromatic N) is 2. The average molecular weight is 660 g/mol. The Kier molecular flexibility index (Phi) is 12.0. The van der Waals surface area contributed by atoms with E-state index < -0.39 is 28.5 Å². The largest absolute Gasteiger partial charge is 0.354 e. The normalized spacial score (nSPS) is 11.9. The van der Waals surface area contributed by atoms with Crippen LogP contribution >= 0.6 is 11.6 Å². The number of amides is 2. The van der Waals surface area contributed by atoms with Crippen LogP contribution in [0.5, 0.6) is 0 Å². The van der Waals surface area contributed by atoms with Gasteiger partial charge in [0.1, 0.15) is 12.6 Å². The standard InChI is InChI=1S/C37H42ClN3O4S/c1-5-6-22-39-37(43)35(24-30-13-8-7-9-14-30)40(25-31-15-10-12-28(3)23-31)36(42)26-41(34-17-11-16-33(38)29(34)4)46(44,45)32-20-18-27(2)19-21-32/h7-21,23,35H,5-6,22,24-26H2,1-4H3,(H,39,43). The second-order valence-corrected chi connectivity index (χ2v) is 13.8. The van der Waals surface area contributed by atoms with Gasteiger partial charge in [0.2, 0.25) is 11.8 Å². The van der Waals surface area contributed by atoms with E-state index in [1.165, 1.54) is 17.0 Å². The molecule has 0 aromatic heterocycles. The third-order valence-electron chi connectivity index (χ3n) is 7.93. The van der Waals surface area contributed by atoms with Gasteiger partial charge in [-0.3, -0.25) is 13.9 Å². The maximum absolute atomic E-state index is 14.6. The van der Waals surface area contributed by atoms with Crippen LogP contribution in [0.1, 0.15) is 47.6 Å². The highest BCUT2D eigenvalue weighted by molar-refractivity contribution is 7.92. The maximum Gasteiger partial charge on any atom is 0.264 e. The fourth-order valence-corrected chi connectivity index (χ4v) is 6.93. The molecule has 9 heteroatoms. The summed E-state index contributed by atoms with van der Waals surface area (Å²) in [6, 6.07) is 27.9. The summed E-state index contributed by atoms with van der Waals surface area (Å²) in [5.41, 5.74) is 4.45. The smallest absolute Gasteiger partial charge is 0.264 e. The van der Waals surface area contributed by atoms with Gasteiger partial charge < -0.3 is 10.2 Å². The molecule has 1 N–H and O–H groups in total. The van der Waals surface area contributed by atoms with Crippen molar-refractivity contribution in [1.82, 2.24) is 10.2 Å². The van der Waals surface area contributed by atoms with Crippen molar-refractivity contribution in [2.45, 2.75) is 64.4 Å². The average Bonchev–Trinajstić information content (AvgIpc) is 3.03. The van der Waals surface area contributed by atoms with Crippen molar-refractivity contribution in [2.24, 2.45) is 0 Å². The molecule has 4 aromatic rings. The minimum atomic E-state index is -4.21. The molecule has 1 unspecified atom stereocenters. The highest BCUT2D eigenvalue weighted by Crippen LogP contribution is 2.31. The van der Waals surface area contributed by atoms with E-state index in [1.54, 1.807) is 37.3 Å². The van der Waals surface area contributed by atoms with Crippen molar-refractivity contribution in [2.75, 3.05) is 17.4 Å². The van der Waals surface area contributed by atoms with E-state index in [9.17, 15) is 18.0 Å². The first kappa shape index (κ1) is 34.7. The SMILES string of the molecule is CCCCNC(=O)C(Cc1ccccc1)N(Cc1cccc(C)c1)C(=O)CN(c1cccc(Cl)c1C)S(=O)(=O)c1ccc(C)cc1. The summed E-state index contributed by atoms with van der Waals surface area (Å²) in [6.45, 7) is 7.67. The van der Waals surface area contributed by atoms with Crippen LogP contribution in [0, 0.1) is 20.8 Å². The van der Waals surface area contributed by atoms with Crippen LogP contribution in [0.4, 0.5) is 5.69 Å². The molecule has 0 saturated carbocycles. The Morgan fingerprint density at radius 1 is 0.826 bits per heavy atom. The highest BCUT2D eigenvalue weighted by atomic mass is 35.5. The molecule has 46 heavy (non-hydrogen) atoms. The Bertz CT molecular complexity index is 1740. The first-order chi connectivity index (χ1) is 22.0. The zero-order valence-electron chi connectivity index (χ0n) is 26.9. The van der Waals surface area contributed by atoms with Crippen LogP contribution in [-0.2, 0) is 32.6 Å². The minimum Gasteiger partial charge on any atom is -0.354 e. The molecule has 0 heterocycles. The van der Waals surface area contributed by atoms with Crippen LogP contribution < -0.4 is 9.62 Å². The molecular weight excluding hydrogens is 618 g/mol. The number of unbranched alkanes of at least 4 members (excludes halogenated alkanes) is 1. The summed E-state index contributed by atoms with van der Waals surface area (Å²) >= 11 is 6.47. The maximum atomic E-state index is 14.6. The molecule has 0 aliphatic carbocycles. The fourth-order valence-electron chi connectivity index (χ4n) is 5.28. The van der Waals surface area contributed by atoms with Gasteiger partial charge in [-0.2, -0.15) is 0 Å². The lowest BCUT2D eigenvalue weighted by Crippen LogP contribution is -2.53. The number of benzene rings is 4. The number of hydrogen-bond acceptors (Lipinski definition) is 4. The molecule has 242 valence electrons. The molecule has 2 amide bonds. The first-order valence-corrected chi connectivity index (χ1v) is 17.3. The van der Waals surface area contributed by atoms with Crippen LogP contribution in [0.15, 0.2) is 102 Å². The van der Waals surface area contributed by atoms with Crippen molar-refractivity contribution >= 4 is 39.1 Å². The molecule has 0 spiro atoms. The summed E-state index contributed by atoms with van der Waals surface area (Å²) in [7, 11) is -4.21. The Morgan fingerprint density at radius 2 is 1.50 bits per heavy atom. The molecule has 0 aliphatic rings. The monoisotopic (exact) mass is 659 g/mol. The summed E-state index contributed by atoms with van der Waals surface area (Å²) in [4.78, 5) is 30.1. The third-order valence-corrected chi connectivity index (χ3v) is 10.1. The van der Waals surface area contributed by atoms with Crippen LogP contribution in [0.25, 0.3) is 0 Å². The quantitative estimate of drug-likeness (QED) is 0.148. The fraction of sp³-hybridized carbons (Fsp3) is 0.297. The summed E-state index contributed by atoms with van der Waals surface area (Å²) < 4.78 is 29.7. The van der Waals surface area contributed by atoms with Crippen molar-refractivity contribution in [3.8, 4) is 0 Å². The van der Waals surface area contributed by atoms with E-state index in [2.05, 4.69) is 5.32 Å². The van der Waals surface area contributed by atoms with Gasteiger partial charge >= 0.3 is 0 Å². The molecule has 7 nitrogen and oxygen atoms in total. The van der Waals surface area contributed by atoms with E-state index >= 15 is 0 Å². The molecule has 0 saturated heterocycles. The van der Waals surface area contributed by atoms with Gasteiger partial charge in [0.05, 0.1) is 10.6 Å². The van der Waals surface area contributed by atoms with Gasteiger partial charge in [-0.05, 0) is 68.1 Å². The highest BCUT2D eigenvalue weighted by Gasteiger charge is 2.35. The van der Waals surface area contributed by atoms with Gasteiger partial charge in [-0.1, -0.05) is 109 Å². The number of hydrogen-bond donors (Lipinski definition) is 1. The van der Waals surface area contributed by atoms with Gasteiger partial charge in [0, 0.05) is 24.5 Å². The van der Waals surface area contributed by atoms with Gasteiger partial charge in [-0.25, -0.2) is 8.42 Å². The number of anilines is 1. The van der Waals surface area contributed by atoms with Crippen molar-refractivity contribution in [1.29, 1.82) is 0 Å². The zero-order valence-corrected chi connectivity index (χ0v) is 28.4. The minimum absolute atomic E-state index is 0.0497. The molecule has 0 bridgehead atoms. The molecule has 4 aromatic carbocycles. The molecule has 0 radical (unpaired) electrons. The summed E-state index contributed by atoms with van der Waals surface area (Å²) in [6.07, 6.45) is 1.96. The number of sulfonamides is 1. The van der Waals surface area contributed by atoms with Gasteiger partial charge in [0.25, 0.3) is 10.0 Å². The van der Waals surface area contributed by atoms with E-state index in [0.717, 1.165) is 39.4 Å². The number of carbonyl (C=O) groups excluding carboxylic acids is 2. The van der Waals surface area contributed by atoms with Crippen molar-refractivity contribution < 1.29 is 18.0 Å². The number of halogens is 1. The number of rotatable bonds is 14. The first-order valence-electron chi connectivity index (χ1n) is 15.5. The Labute approximate surface area is 278 Å². The predicted molar refractivity (Wildman–Crippen MR) is 185 cm³/mol. The summed E-state index contributed by atoms with van der Waals surface area (Å²) in [5.74, 6) is -0.798. The third kappa shape index (κ3) is 8.77. The van der Waals surface area contributed by atoms with E-state index in [0.29, 0.717) is 22.8 Å².